The van der Waals surface area contributed by atoms with Crippen molar-refractivity contribution in [2.24, 2.45) is 5.73 Å². The summed E-state index contributed by atoms with van der Waals surface area (Å²) in [5, 5.41) is 2.97. The van der Waals surface area contributed by atoms with Crippen molar-refractivity contribution in [3.63, 3.8) is 0 Å². The van der Waals surface area contributed by atoms with Crippen molar-refractivity contribution in [1.82, 2.24) is 15.2 Å². The SMILES string of the molecule is CN1CCCCC1CNC(=O)c1ncccc1C#CCN. The highest BCUT2D eigenvalue weighted by atomic mass is 16.1. The van der Waals surface area contributed by atoms with Crippen LogP contribution >= 0.6 is 0 Å². The number of nitrogens with two attached hydrogens (primary N) is 1. The van der Waals surface area contributed by atoms with E-state index in [0.717, 1.165) is 13.0 Å². The van der Waals surface area contributed by atoms with Crippen molar-refractivity contribution >= 4 is 5.91 Å². The number of rotatable bonds is 3. The fourth-order valence-corrected chi connectivity index (χ4v) is 2.53. The van der Waals surface area contributed by atoms with E-state index in [1.807, 2.05) is 0 Å². The Morgan fingerprint density at radius 2 is 2.43 bits per heavy atom. The molecule has 1 atom stereocenters. The minimum Gasteiger partial charge on any atom is -0.349 e. The van der Waals surface area contributed by atoms with Crippen molar-refractivity contribution in [3.8, 4) is 11.8 Å². The Balaban J connectivity index is 2.00. The Kier molecular flexibility index (Phi) is 5.73. The lowest BCUT2D eigenvalue weighted by molar-refractivity contribution is 0.0923. The highest BCUT2D eigenvalue weighted by Crippen LogP contribution is 2.14. The minimum absolute atomic E-state index is 0.170. The maximum Gasteiger partial charge on any atom is 0.271 e. The van der Waals surface area contributed by atoms with E-state index in [0.29, 0.717) is 23.8 Å². The summed E-state index contributed by atoms with van der Waals surface area (Å²) in [6, 6.07) is 3.97. The number of pyridine rings is 1. The number of aromatic nitrogens is 1. The zero-order chi connectivity index (χ0) is 15.1. The number of nitrogens with zero attached hydrogens (tertiary/aromatic N) is 2. The molecule has 5 nitrogen and oxygen atoms in total. The molecule has 0 aliphatic carbocycles. The number of hydrogen-bond donors (Lipinski definition) is 2. The van der Waals surface area contributed by atoms with Gasteiger partial charge in [0, 0.05) is 18.8 Å². The lowest BCUT2D eigenvalue weighted by Crippen LogP contribution is -2.44. The molecule has 5 heteroatoms. The second-order valence-electron chi connectivity index (χ2n) is 5.25. The van der Waals surface area contributed by atoms with E-state index in [4.69, 9.17) is 5.73 Å². The smallest absolute Gasteiger partial charge is 0.271 e. The summed E-state index contributed by atoms with van der Waals surface area (Å²) in [5.41, 5.74) is 6.37. The molecule has 1 aromatic rings. The van der Waals surface area contributed by atoms with Gasteiger partial charge in [-0.2, -0.15) is 0 Å². The van der Waals surface area contributed by atoms with Crippen molar-refractivity contribution in [1.29, 1.82) is 0 Å². The molecule has 21 heavy (non-hydrogen) atoms. The van der Waals surface area contributed by atoms with Gasteiger partial charge in [-0.05, 0) is 38.6 Å². The van der Waals surface area contributed by atoms with Crippen LogP contribution < -0.4 is 11.1 Å². The fraction of sp³-hybridized carbons (Fsp3) is 0.500. The molecule has 0 bridgehead atoms. The summed E-state index contributed by atoms with van der Waals surface area (Å²) < 4.78 is 0. The molecule has 0 aromatic carbocycles. The van der Waals surface area contributed by atoms with E-state index >= 15 is 0 Å². The molecule has 3 N–H and O–H groups in total. The number of piperidine rings is 1. The van der Waals surface area contributed by atoms with Crippen molar-refractivity contribution < 1.29 is 4.79 Å². The van der Waals surface area contributed by atoms with Gasteiger partial charge in [0.25, 0.3) is 5.91 Å². The summed E-state index contributed by atoms with van der Waals surface area (Å²) in [6.45, 7) is 2.01. The van der Waals surface area contributed by atoms with Crippen LogP contribution in [0.5, 0.6) is 0 Å². The first-order valence-corrected chi connectivity index (χ1v) is 7.34. The van der Waals surface area contributed by atoms with Gasteiger partial charge in [-0.3, -0.25) is 4.79 Å². The zero-order valence-corrected chi connectivity index (χ0v) is 12.4. The fourth-order valence-electron chi connectivity index (χ4n) is 2.53. The van der Waals surface area contributed by atoms with Crippen molar-refractivity contribution in [2.45, 2.75) is 25.3 Å². The highest BCUT2D eigenvalue weighted by molar-refractivity contribution is 5.94. The Hall–Kier alpha value is -1.90. The third-order valence-corrected chi connectivity index (χ3v) is 3.77. The van der Waals surface area contributed by atoms with Gasteiger partial charge < -0.3 is 16.0 Å². The molecule has 2 rings (SSSR count). The third-order valence-electron chi connectivity index (χ3n) is 3.77. The first-order valence-electron chi connectivity index (χ1n) is 7.34. The van der Waals surface area contributed by atoms with Gasteiger partial charge in [0.15, 0.2) is 0 Å². The molecule has 1 aliphatic heterocycles. The molecule has 112 valence electrons. The second kappa shape index (κ2) is 7.77. The summed E-state index contributed by atoms with van der Waals surface area (Å²) in [7, 11) is 2.11. The number of carbonyl (C=O) groups excluding carboxylic acids is 1. The van der Waals surface area contributed by atoms with Crippen molar-refractivity contribution in [2.75, 3.05) is 26.7 Å². The maximum absolute atomic E-state index is 12.3. The predicted molar refractivity (Wildman–Crippen MR) is 82.8 cm³/mol. The molecule has 1 fully saturated rings. The summed E-state index contributed by atoms with van der Waals surface area (Å²) in [4.78, 5) is 18.7. The van der Waals surface area contributed by atoms with Gasteiger partial charge in [-0.1, -0.05) is 18.3 Å². The first-order chi connectivity index (χ1) is 10.2. The zero-order valence-electron chi connectivity index (χ0n) is 12.4. The lowest BCUT2D eigenvalue weighted by Gasteiger charge is -2.32. The van der Waals surface area contributed by atoms with Crippen LogP contribution in [0.15, 0.2) is 18.3 Å². The molecule has 0 radical (unpaired) electrons. The average Bonchev–Trinajstić information content (AvgIpc) is 2.52. The number of nitrogens with one attached hydrogen (secondary N) is 1. The predicted octanol–water partition coefficient (Wildman–Crippen LogP) is 0.606. The van der Waals surface area contributed by atoms with Gasteiger partial charge in [0.1, 0.15) is 5.69 Å². The van der Waals surface area contributed by atoms with E-state index in [-0.39, 0.29) is 12.5 Å². The van der Waals surface area contributed by atoms with Crippen LogP contribution in [-0.4, -0.2) is 48.5 Å². The van der Waals surface area contributed by atoms with E-state index in [1.54, 1.807) is 18.3 Å². The van der Waals surface area contributed by atoms with Gasteiger partial charge in [0.2, 0.25) is 0 Å². The van der Waals surface area contributed by atoms with Crippen LogP contribution in [0.4, 0.5) is 0 Å². The monoisotopic (exact) mass is 286 g/mol. The number of likely N-dealkylation sites (tertiary alicyclic amines) is 1. The lowest BCUT2D eigenvalue weighted by atomic mass is 10.0. The van der Waals surface area contributed by atoms with Crippen LogP contribution in [0.25, 0.3) is 0 Å². The molecule has 0 saturated carbocycles. The van der Waals surface area contributed by atoms with Crippen molar-refractivity contribution in [3.05, 3.63) is 29.6 Å². The van der Waals surface area contributed by atoms with Gasteiger partial charge >= 0.3 is 0 Å². The Labute approximate surface area is 125 Å². The van der Waals surface area contributed by atoms with Gasteiger partial charge in [0.05, 0.1) is 12.1 Å². The second-order valence-corrected chi connectivity index (χ2v) is 5.25. The molecule has 0 spiro atoms. The summed E-state index contributed by atoms with van der Waals surface area (Å²) in [6.07, 6.45) is 5.19. The van der Waals surface area contributed by atoms with Crippen LogP contribution in [0.3, 0.4) is 0 Å². The number of amides is 1. The Bertz CT molecular complexity index is 547. The molecule has 1 aliphatic rings. The molecule has 1 amide bonds. The van der Waals surface area contributed by atoms with E-state index in [2.05, 4.69) is 34.1 Å². The van der Waals surface area contributed by atoms with Crippen LogP contribution in [0.1, 0.15) is 35.3 Å². The molecule has 1 aromatic heterocycles. The van der Waals surface area contributed by atoms with Crippen LogP contribution in [0, 0.1) is 11.8 Å². The topological polar surface area (TPSA) is 71.2 Å². The number of hydrogen-bond acceptors (Lipinski definition) is 4. The summed E-state index contributed by atoms with van der Waals surface area (Å²) in [5.74, 6) is 5.48. The Morgan fingerprint density at radius 1 is 1.57 bits per heavy atom. The minimum atomic E-state index is -0.170. The van der Waals surface area contributed by atoms with E-state index in [1.165, 1.54) is 12.8 Å². The largest absolute Gasteiger partial charge is 0.349 e. The number of likely N-dealkylation sites (N-methyl/N-ethyl adjacent to an activating group) is 1. The standard InChI is InChI=1S/C16H22N4O/c1-20-11-3-2-8-14(20)12-19-16(21)15-13(6-4-9-17)7-5-10-18-15/h5,7,10,14H,2-3,8-9,11-12,17H2,1H3,(H,19,21). The average molecular weight is 286 g/mol. The molecule has 2 heterocycles. The van der Waals surface area contributed by atoms with E-state index < -0.39 is 0 Å². The Morgan fingerprint density at radius 3 is 3.19 bits per heavy atom. The molecular weight excluding hydrogens is 264 g/mol. The quantitative estimate of drug-likeness (QED) is 0.799. The molecule has 1 saturated heterocycles. The van der Waals surface area contributed by atoms with Crippen LogP contribution in [-0.2, 0) is 0 Å². The van der Waals surface area contributed by atoms with Gasteiger partial charge in [-0.25, -0.2) is 4.98 Å². The van der Waals surface area contributed by atoms with Gasteiger partial charge in [-0.15, -0.1) is 0 Å². The first kappa shape index (κ1) is 15.5. The molecule has 1 unspecified atom stereocenters. The van der Waals surface area contributed by atoms with E-state index in [9.17, 15) is 4.79 Å². The van der Waals surface area contributed by atoms with Crippen LogP contribution in [0.2, 0.25) is 0 Å². The summed E-state index contributed by atoms with van der Waals surface area (Å²) >= 11 is 0. The normalized spacial score (nSPS) is 18.7. The third kappa shape index (κ3) is 4.28. The maximum atomic E-state index is 12.3. The number of carbonyl (C=O) groups is 1. The molecular formula is C16H22N4O. The highest BCUT2D eigenvalue weighted by Gasteiger charge is 2.20.